The van der Waals surface area contributed by atoms with Gasteiger partial charge in [0.25, 0.3) is 0 Å². The van der Waals surface area contributed by atoms with Gasteiger partial charge in [-0.1, -0.05) is 12.1 Å². The second-order valence-corrected chi connectivity index (χ2v) is 4.04. The molecule has 0 unspecified atom stereocenters. The molecule has 15 heavy (non-hydrogen) atoms. The largest absolute Gasteiger partial charge is 0.399 e. The Hall–Kier alpha value is -1.53. The molecule has 3 heteroatoms. The van der Waals surface area contributed by atoms with Crippen molar-refractivity contribution in [2.45, 2.75) is 25.4 Å². The quantitative estimate of drug-likeness (QED) is 0.596. The first-order valence-electron chi connectivity index (χ1n) is 5.25. The zero-order valence-electron chi connectivity index (χ0n) is 8.69. The first-order valence-corrected chi connectivity index (χ1v) is 5.25. The third-order valence-corrected chi connectivity index (χ3v) is 2.67. The zero-order valence-corrected chi connectivity index (χ0v) is 8.69. The van der Waals surface area contributed by atoms with Crippen LogP contribution < -0.4 is 5.73 Å². The van der Waals surface area contributed by atoms with Crippen LogP contribution in [0.5, 0.6) is 0 Å². The van der Waals surface area contributed by atoms with E-state index in [9.17, 15) is 0 Å². The Balaban J connectivity index is 2.02. The summed E-state index contributed by atoms with van der Waals surface area (Å²) in [4.78, 5) is 2.22. The molecular formula is C12H15N3. The van der Waals surface area contributed by atoms with Crippen LogP contribution in [0.1, 0.15) is 18.4 Å². The van der Waals surface area contributed by atoms with Gasteiger partial charge in [-0.05, 0) is 30.5 Å². The number of nitrogens with two attached hydrogens (primary N) is 1. The SMILES string of the molecule is N#CCN(Cc1cccc(N)c1)C1CC1. The fourth-order valence-corrected chi connectivity index (χ4v) is 1.77. The fourth-order valence-electron chi connectivity index (χ4n) is 1.77. The Kier molecular flexibility index (Phi) is 2.89. The lowest BCUT2D eigenvalue weighted by atomic mass is 10.2. The molecule has 1 fully saturated rings. The van der Waals surface area contributed by atoms with Gasteiger partial charge in [0.1, 0.15) is 0 Å². The van der Waals surface area contributed by atoms with Crippen molar-refractivity contribution in [3.05, 3.63) is 29.8 Å². The van der Waals surface area contributed by atoms with E-state index in [2.05, 4.69) is 17.0 Å². The van der Waals surface area contributed by atoms with Gasteiger partial charge in [0.05, 0.1) is 12.6 Å². The van der Waals surface area contributed by atoms with Gasteiger partial charge in [0, 0.05) is 18.3 Å². The summed E-state index contributed by atoms with van der Waals surface area (Å²) in [5, 5.41) is 8.73. The smallest absolute Gasteiger partial charge is 0.0871 e. The predicted octanol–water partition coefficient (Wildman–Crippen LogP) is 1.76. The van der Waals surface area contributed by atoms with E-state index in [1.807, 2.05) is 18.2 Å². The molecule has 0 bridgehead atoms. The van der Waals surface area contributed by atoms with Gasteiger partial charge >= 0.3 is 0 Å². The zero-order chi connectivity index (χ0) is 10.7. The van der Waals surface area contributed by atoms with Crippen molar-refractivity contribution in [1.29, 1.82) is 5.26 Å². The van der Waals surface area contributed by atoms with Gasteiger partial charge in [-0.25, -0.2) is 0 Å². The minimum atomic E-state index is 0.513. The Morgan fingerprint density at radius 1 is 1.47 bits per heavy atom. The molecule has 0 aromatic heterocycles. The molecule has 0 radical (unpaired) electrons. The molecule has 2 rings (SSSR count). The molecule has 1 aliphatic carbocycles. The fraction of sp³-hybridized carbons (Fsp3) is 0.417. The molecular weight excluding hydrogens is 186 g/mol. The molecule has 0 amide bonds. The summed E-state index contributed by atoms with van der Waals surface area (Å²) in [6.07, 6.45) is 2.45. The molecule has 1 aliphatic rings. The van der Waals surface area contributed by atoms with Crippen LogP contribution >= 0.6 is 0 Å². The van der Waals surface area contributed by atoms with Crippen molar-refractivity contribution >= 4 is 5.69 Å². The third kappa shape index (κ3) is 2.71. The number of rotatable bonds is 4. The molecule has 2 N–H and O–H groups in total. The average molecular weight is 201 g/mol. The highest BCUT2D eigenvalue weighted by Gasteiger charge is 2.28. The number of anilines is 1. The lowest BCUT2D eigenvalue weighted by molar-refractivity contribution is 0.287. The van der Waals surface area contributed by atoms with E-state index >= 15 is 0 Å². The van der Waals surface area contributed by atoms with Crippen molar-refractivity contribution in [3.63, 3.8) is 0 Å². The van der Waals surface area contributed by atoms with E-state index < -0.39 is 0 Å². The van der Waals surface area contributed by atoms with Crippen LogP contribution in [-0.4, -0.2) is 17.5 Å². The van der Waals surface area contributed by atoms with E-state index in [0.29, 0.717) is 12.6 Å². The minimum absolute atomic E-state index is 0.513. The first-order chi connectivity index (χ1) is 7.29. The minimum Gasteiger partial charge on any atom is -0.399 e. The van der Waals surface area contributed by atoms with Gasteiger partial charge in [-0.15, -0.1) is 0 Å². The van der Waals surface area contributed by atoms with E-state index in [0.717, 1.165) is 12.2 Å². The van der Waals surface area contributed by atoms with Crippen LogP contribution in [0, 0.1) is 11.3 Å². The maximum atomic E-state index is 8.73. The third-order valence-electron chi connectivity index (χ3n) is 2.67. The molecule has 0 aliphatic heterocycles. The van der Waals surface area contributed by atoms with Crippen LogP contribution in [0.25, 0.3) is 0 Å². The van der Waals surface area contributed by atoms with Crippen LogP contribution in [0.4, 0.5) is 5.69 Å². The summed E-state index contributed by atoms with van der Waals surface area (Å²) in [5.41, 5.74) is 7.70. The van der Waals surface area contributed by atoms with Gasteiger partial charge in [-0.3, -0.25) is 4.90 Å². The summed E-state index contributed by atoms with van der Waals surface area (Å²) >= 11 is 0. The predicted molar refractivity (Wildman–Crippen MR) is 59.9 cm³/mol. The molecule has 3 nitrogen and oxygen atoms in total. The number of nitriles is 1. The van der Waals surface area contributed by atoms with Gasteiger partial charge in [0.15, 0.2) is 0 Å². The molecule has 1 aromatic carbocycles. The Labute approximate surface area is 90.1 Å². The molecule has 0 spiro atoms. The average Bonchev–Trinajstić information content (AvgIpc) is 3.00. The van der Waals surface area contributed by atoms with Crippen molar-refractivity contribution in [2.75, 3.05) is 12.3 Å². The van der Waals surface area contributed by atoms with E-state index in [4.69, 9.17) is 11.0 Å². The van der Waals surface area contributed by atoms with Gasteiger partial charge < -0.3 is 5.73 Å². The van der Waals surface area contributed by atoms with Crippen molar-refractivity contribution in [2.24, 2.45) is 0 Å². The van der Waals surface area contributed by atoms with Crippen LogP contribution in [-0.2, 0) is 6.54 Å². The highest BCUT2D eigenvalue weighted by Crippen LogP contribution is 2.28. The van der Waals surface area contributed by atoms with E-state index in [1.54, 1.807) is 0 Å². The standard InChI is InChI=1S/C12H15N3/c13-6-7-15(12-4-5-12)9-10-2-1-3-11(14)8-10/h1-3,8,12H,4-5,7,9,14H2. The van der Waals surface area contributed by atoms with Crippen LogP contribution in [0.3, 0.4) is 0 Å². The molecule has 0 heterocycles. The highest BCUT2D eigenvalue weighted by molar-refractivity contribution is 5.40. The first kappa shape index (κ1) is 10.0. The van der Waals surface area contributed by atoms with Crippen molar-refractivity contribution in [1.82, 2.24) is 4.90 Å². The summed E-state index contributed by atoms with van der Waals surface area (Å²) in [5.74, 6) is 0. The molecule has 1 aromatic rings. The monoisotopic (exact) mass is 201 g/mol. The normalized spacial score (nSPS) is 15.2. The molecule has 78 valence electrons. The van der Waals surface area contributed by atoms with Crippen molar-refractivity contribution in [3.8, 4) is 6.07 Å². The molecule has 1 saturated carbocycles. The lowest BCUT2D eigenvalue weighted by Crippen LogP contribution is -2.25. The number of hydrogen-bond donors (Lipinski definition) is 1. The van der Waals surface area contributed by atoms with Crippen molar-refractivity contribution < 1.29 is 0 Å². The summed E-state index contributed by atoms with van der Waals surface area (Å²) in [7, 11) is 0. The Morgan fingerprint density at radius 3 is 2.87 bits per heavy atom. The Morgan fingerprint density at radius 2 is 2.27 bits per heavy atom. The van der Waals surface area contributed by atoms with E-state index in [-0.39, 0.29) is 0 Å². The number of nitrogens with zero attached hydrogens (tertiary/aromatic N) is 2. The second kappa shape index (κ2) is 4.33. The second-order valence-electron chi connectivity index (χ2n) is 4.04. The number of hydrogen-bond acceptors (Lipinski definition) is 3. The topological polar surface area (TPSA) is 53.0 Å². The number of benzene rings is 1. The van der Waals surface area contributed by atoms with Gasteiger partial charge in [0.2, 0.25) is 0 Å². The van der Waals surface area contributed by atoms with Gasteiger partial charge in [-0.2, -0.15) is 5.26 Å². The van der Waals surface area contributed by atoms with E-state index in [1.165, 1.54) is 18.4 Å². The highest BCUT2D eigenvalue weighted by atomic mass is 15.2. The molecule has 0 atom stereocenters. The molecule has 0 saturated heterocycles. The summed E-state index contributed by atoms with van der Waals surface area (Å²) in [6, 6.07) is 10.7. The lowest BCUT2D eigenvalue weighted by Gasteiger charge is -2.18. The summed E-state index contributed by atoms with van der Waals surface area (Å²) in [6.45, 7) is 1.35. The Bertz CT molecular complexity index is 377. The number of nitrogen functional groups attached to an aromatic ring is 1. The maximum Gasteiger partial charge on any atom is 0.0871 e. The maximum absolute atomic E-state index is 8.73. The summed E-state index contributed by atoms with van der Waals surface area (Å²) < 4.78 is 0. The van der Waals surface area contributed by atoms with Crippen LogP contribution in [0.2, 0.25) is 0 Å². The van der Waals surface area contributed by atoms with Crippen LogP contribution in [0.15, 0.2) is 24.3 Å².